The maximum Gasteiger partial charge on any atom is 0.226 e. The minimum absolute atomic E-state index is 0.118. The molecule has 1 heterocycles. The van der Waals surface area contributed by atoms with Crippen LogP contribution < -0.4 is 4.74 Å². The van der Waals surface area contributed by atoms with Gasteiger partial charge in [-0.15, -0.1) is 0 Å². The molecule has 5 heteroatoms. The number of carbonyl (C=O) groups is 2. The van der Waals surface area contributed by atoms with Crippen LogP contribution in [0.5, 0.6) is 5.75 Å². The van der Waals surface area contributed by atoms with Crippen LogP contribution in [0.15, 0.2) is 30.3 Å². The van der Waals surface area contributed by atoms with E-state index in [0.29, 0.717) is 32.0 Å². The van der Waals surface area contributed by atoms with Crippen LogP contribution in [0.2, 0.25) is 0 Å². The molecule has 0 spiro atoms. The van der Waals surface area contributed by atoms with Crippen LogP contribution >= 0.6 is 0 Å². The van der Waals surface area contributed by atoms with Gasteiger partial charge in [-0.25, -0.2) is 0 Å². The number of para-hydroxylation sites is 1. The smallest absolute Gasteiger partial charge is 0.226 e. The topological polar surface area (TPSA) is 49.9 Å². The number of benzene rings is 1. The third-order valence-electron chi connectivity index (χ3n) is 5.44. The molecule has 0 N–H and O–H groups in total. The zero-order valence-electron chi connectivity index (χ0n) is 15.6. The molecule has 0 atom stereocenters. The van der Waals surface area contributed by atoms with Crippen molar-refractivity contribution in [3.63, 3.8) is 0 Å². The summed E-state index contributed by atoms with van der Waals surface area (Å²) in [4.78, 5) is 29.1. The van der Waals surface area contributed by atoms with Crippen molar-refractivity contribution in [2.45, 2.75) is 44.9 Å². The van der Waals surface area contributed by atoms with E-state index in [2.05, 4.69) is 0 Å². The van der Waals surface area contributed by atoms with E-state index in [1.807, 2.05) is 40.1 Å². The Morgan fingerprint density at radius 2 is 1.58 bits per heavy atom. The Morgan fingerprint density at radius 3 is 2.35 bits per heavy atom. The molecule has 142 valence electrons. The Labute approximate surface area is 156 Å². The van der Waals surface area contributed by atoms with E-state index < -0.39 is 0 Å². The monoisotopic (exact) mass is 358 g/mol. The van der Waals surface area contributed by atoms with Crippen molar-refractivity contribution >= 4 is 11.8 Å². The fourth-order valence-electron chi connectivity index (χ4n) is 3.93. The third kappa shape index (κ3) is 5.23. The van der Waals surface area contributed by atoms with E-state index in [9.17, 15) is 9.59 Å². The first-order valence-corrected chi connectivity index (χ1v) is 9.98. The van der Waals surface area contributed by atoms with Crippen molar-refractivity contribution in [3.8, 4) is 5.75 Å². The van der Waals surface area contributed by atoms with Gasteiger partial charge < -0.3 is 14.5 Å². The van der Waals surface area contributed by atoms with E-state index >= 15 is 0 Å². The molecule has 1 aliphatic carbocycles. The van der Waals surface area contributed by atoms with Crippen molar-refractivity contribution in [1.29, 1.82) is 0 Å². The Kier molecular flexibility index (Phi) is 6.92. The van der Waals surface area contributed by atoms with Gasteiger partial charge in [0.2, 0.25) is 11.8 Å². The summed E-state index contributed by atoms with van der Waals surface area (Å²) in [5.41, 5.74) is 0. The van der Waals surface area contributed by atoms with E-state index in [1.165, 1.54) is 19.3 Å². The third-order valence-corrected chi connectivity index (χ3v) is 5.44. The Bertz CT molecular complexity index is 584. The summed E-state index contributed by atoms with van der Waals surface area (Å²) < 4.78 is 5.63. The van der Waals surface area contributed by atoms with E-state index in [1.54, 1.807) is 0 Å². The molecule has 1 saturated heterocycles. The lowest BCUT2D eigenvalue weighted by molar-refractivity contribution is -0.137. The molecule has 1 aromatic rings. The quantitative estimate of drug-likeness (QED) is 0.813. The lowest BCUT2D eigenvalue weighted by Crippen LogP contribution is -2.40. The van der Waals surface area contributed by atoms with Gasteiger partial charge in [-0.2, -0.15) is 0 Å². The predicted octanol–water partition coefficient (Wildman–Crippen LogP) is 3.10. The molecule has 5 nitrogen and oxygen atoms in total. The fourth-order valence-corrected chi connectivity index (χ4v) is 3.93. The van der Waals surface area contributed by atoms with Crippen LogP contribution in [-0.4, -0.2) is 54.4 Å². The van der Waals surface area contributed by atoms with Crippen LogP contribution in [-0.2, 0) is 9.59 Å². The predicted molar refractivity (Wildman–Crippen MR) is 101 cm³/mol. The molecule has 0 aromatic heterocycles. The summed E-state index contributed by atoms with van der Waals surface area (Å²) >= 11 is 0. The molecule has 0 unspecified atom stereocenters. The second-order valence-electron chi connectivity index (χ2n) is 7.31. The SMILES string of the molecule is O=C(CCOc1ccccc1)N1CCCN(C(=O)C2CCCCC2)CC1. The number of hydrogen-bond donors (Lipinski definition) is 0. The van der Waals surface area contributed by atoms with Crippen molar-refractivity contribution in [3.05, 3.63) is 30.3 Å². The van der Waals surface area contributed by atoms with E-state index in [-0.39, 0.29) is 11.8 Å². The summed E-state index contributed by atoms with van der Waals surface area (Å²) in [6.45, 7) is 3.21. The first-order valence-electron chi connectivity index (χ1n) is 9.98. The molecule has 26 heavy (non-hydrogen) atoms. The molecule has 2 amide bonds. The second kappa shape index (κ2) is 9.60. The molecule has 2 fully saturated rings. The molecular weight excluding hydrogens is 328 g/mol. The maximum atomic E-state index is 12.7. The van der Waals surface area contributed by atoms with E-state index in [0.717, 1.165) is 38.1 Å². The number of carbonyl (C=O) groups excluding carboxylic acids is 2. The van der Waals surface area contributed by atoms with Gasteiger partial charge in [0, 0.05) is 32.1 Å². The van der Waals surface area contributed by atoms with Crippen LogP contribution in [0.25, 0.3) is 0 Å². The van der Waals surface area contributed by atoms with Crippen LogP contribution in [0.3, 0.4) is 0 Å². The molecule has 1 saturated carbocycles. The van der Waals surface area contributed by atoms with Crippen LogP contribution in [0.4, 0.5) is 0 Å². The highest BCUT2D eigenvalue weighted by atomic mass is 16.5. The Hall–Kier alpha value is -2.04. The average Bonchev–Trinajstić information content (AvgIpc) is 2.95. The Morgan fingerprint density at radius 1 is 0.885 bits per heavy atom. The number of ether oxygens (including phenoxy) is 1. The zero-order chi connectivity index (χ0) is 18.2. The lowest BCUT2D eigenvalue weighted by atomic mass is 9.88. The van der Waals surface area contributed by atoms with Gasteiger partial charge in [0.1, 0.15) is 5.75 Å². The molecule has 0 radical (unpaired) electrons. The number of rotatable bonds is 5. The van der Waals surface area contributed by atoms with Gasteiger partial charge in [0.25, 0.3) is 0 Å². The Balaban J connectivity index is 1.42. The van der Waals surface area contributed by atoms with Gasteiger partial charge in [-0.3, -0.25) is 9.59 Å². The zero-order valence-corrected chi connectivity index (χ0v) is 15.6. The van der Waals surface area contributed by atoms with Crippen molar-refractivity contribution in [2.24, 2.45) is 5.92 Å². The molecular formula is C21H30N2O3. The molecule has 0 bridgehead atoms. The van der Waals surface area contributed by atoms with Crippen molar-refractivity contribution in [1.82, 2.24) is 9.80 Å². The van der Waals surface area contributed by atoms with Crippen molar-refractivity contribution in [2.75, 3.05) is 32.8 Å². The highest BCUT2D eigenvalue weighted by Crippen LogP contribution is 2.25. The first kappa shape index (κ1) is 18.7. The first-order chi connectivity index (χ1) is 12.7. The highest BCUT2D eigenvalue weighted by molar-refractivity contribution is 5.79. The highest BCUT2D eigenvalue weighted by Gasteiger charge is 2.28. The fraction of sp³-hybridized carbons (Fsp3) is 0.619. The summed E-state index contributed by atoms with van der Waals surface area (Å²) in [6.07, 6.45) is 6.93. The minimum Gasteiger partial charge on any atom is -0.493 e. The van der Waals surface area contributed by atoms with Crippen LogP contribution in [0, 0.1) is 5.92 Å². The summed E-state index contributed by atoms with van der Waals surface area (Å²) in [7, 11) is 0. The van der Waals surface area contributed by atoms with Gasteiger partial charge in [0.05, 0.1) is 13.0 Å². The summed E-state index contributed by atoms with van der Waals surface area (Å²) in [5.74, 6) is 1.44. The molecule has 1 aliphatic heterocycles. The van der Waals surface area contributed by atoms with Gasteiger partial charge in [-0.05, 0) is 31.4 Å². The normalized spacial score (nSPS) is 19.1. The second-order valence-corrected chi connectivity index (χ2v) is 7.31. The number of amides is 2. The number of nitrogens with zero attached hydrogens (tertiary/aromatic N) is 2. The van der Waals surface area contributed by atoms with Gasteiger partial charge in [0.15, 0.2) is 0 Å². The average molecular weight is 358 g/mol. The lowest BCUT2D eigenvalue weighted by Gasteiger charge is -2.28. The summed E-state index contributed by atoms with van der Waals surface area (Å²) in [6, 6.07) is 9.57. The van der Waals surface area contributed by atoms with Gasteiger partial charge in [-0.1, -0.05) is 37.5 Å². The maximum absolute atomic E-state index is 12.7. The molecule has 2 aliphatic rings. The van der Waals surface area contributed by atoms with Crippen molar-refractivity contribution < 1.29 is 14.3 Å². The van der Waals surface area contributed by atoms with Gasteiger partial charge >= 0.3 is 0 Å². The molecule has 1 aromatic carbocycles. The minimum atomic E-state index is 0.118. The summed E-state index contributed by atoms with van der Waals surface area (Å²) in [5, 5.41) is 0. The van der Waals surface area contributed by atoms with E-state index in [4.69, 9.17) is 4.74 Å². The molecule has 3 rings (SSSR count). The largest absolute Gasteiger partial charge is 0.493 e. The number of hydrogen-bond acceptors (Lipinski definition) is 3. The van der Waals surface area contributed by atoms with Crippen LogP contribution in [0.1, 0.15) is 44.9 Å². The standard InChI is InChI=1S/C21H30N2O3/c24-20(12-17-26-19-10-5-2-6-11-19)22-13-7-14-23(16-15-22)21(25)18-8-3-1-4-9-18/h2,5-6,10-11,18H,1,3-4,7-9,12-17H2.